The van der Waals surface area contributed by atoms with E-state index in [1.165, 1.54) is 0 Å². The van der Waals surface area contributed by atoms with Crippen molar-refractivity contribution in [2.24, 2.45) is 0 Å². The molecule has 0 N–H and O–H groups in total. The minimum Gasteiger partial charge on any atom is -0.550 e. The number of benzene rings is 1. The van der Waals surface area contributed by atoms with Gasteiger partial charge in [0, 0.05) is 58.4 Å². The van der Waals surface area contributed by atoms with Gasteiger partial charge in [0.05, 0.1) is 0 Å². The second-order valence-electron chi connectivity index (χ2n) is 3.25. The van der Waals surface area contributed by atoms with E-state index in [1.807, 2.05) is 18.2 Å². The normalized spacial score (nSPS) is 7.30. The predicted octanol–water partition coefficient (Wildman–Crippen LogP) is -2.64. The number of ether oxygens (including phenoxy) is 2. The van der Waals surface area contributed by atoms with Crippen molar-refractivity contribution < 1.29 is 39.2 Å². The fourth-order valence-electron chi connectivity index (χ4n) is 0.589. The van der Waals surface area contributed by atoms with Gasteiger partial charge in [0.15, 0.2) is 6.79 Å². The molecule has 0 aliphatic heterocycles. The molecule has 0 bridgehead atoms. The van der Waals surface area contributed by atoms with Gasteiger partial charge < -0.3 is 39.2 Å². The predicted molar refractivity (Wildman–Crippen MR) is 75.6 cm³/mol. The number of para-hydroxylation sites is 1. The summed E-state index contributed by atoms with van der Waals surface area (Å²) in [6.07, 6.45) is 0. The van der Waals surface area contributed by atoms with Gasteiger partial charge in [0.2, 0.25) is 0 Å². The first-order valence-electron chi connectivity index (χ1n) is 5.74. The van der Waals surface area contributed by atoms with Gasteiger partial charge in [-0.05, 0) is 26.8 Å². The average Bonchev–Trinajstić information content (AvgIpc) is 2.35. The van der Waals surface area contributed by atoms with Crippen LogP contribution in [0, 0.1) is 6.07 Å². The van der Waals surface area contributed by atoms with Crippen LogP contribution in [0.15, 0.2) is 24.3 Å². The molecule has 0 aliphatic rings. The first kappa shape index (κ1) is 29.3. The van der Waals surface area contributed by atoms with Crippen LogP contribution in [0.1, 0.15) is 20.8 Å². The van der Waals surface area contributed by atoms with Crippen LogP contribution in [0.4, 0.5) is 0 Å². The summed E-state index contributed by atoms with van der Waals surface area (Å²) in [4.78, 5) is 26.7. The monoisotopic (exact) mass is 522 g/mol. The quantitative estimate of drug-likeness (QED) is 0.311. The molecule has 1 aromatic carbocycles. The van der Waals surface area contributed by atoms with Gasteiger partial charge in [-0.3, -0.25) is 0 Å². The second kappa shape index (κ2) is 22.6. The van der Waals surface area contributed by atoms with Crippen molar-refractivity contribution in [1.29, 1.82) is 0 Å². The number of carbonyl (C=O) groups is 3. The van der Waals surface area contributed by atoms with E-state index in [9.17, 15) is 0 Å². The van der Waals surface area contributed by atoms with Crippen molar-refractivity contribution in [2.45, 2.75) is 20.8 Å². The molecule has 0 heterocycles. The van der Waals surface area contributed by atoms with Gasteiger partial charge in [0.1, 0.15) is 5.75 Å². The molecule has 1 rings (SSSR count). The van der Waals surface area contributed by atoms with E-state index in [0.29, 0.717) is 5.75 Å². The molecule has 0 fully saturated rings. The molecule has 1 aromatic rings. The van der Waals surface area contributed by atoms with Crippen LogP contribution in [0.2, 0.25) is 0 Å². The largest absolute Gasteiger partial charge is 0.550 e. The standard InChI is InChI=1S/C8H9O2.3C2H4O2.Pb/c1-9-7-10-8-5-3-2-4-6-8;3*1-2(3)4;/h2-5H,7H2,1H3;3*1H3,(H,3,4);/p-3. The third kappa shape index (κ3) is 64.1. The summed E-state index contributed by atoms with van der Waals surface area (Å²) >= 11 is 0. The summed E-state index contributed by atoms with van der Waals surface area (Å²) < 4.78 is 9.78. The molecule has 129 valence electrons. The summed E-state index contributed by atoms with van der Waals surface area (Å²) in [6.45, 7) is 3.19. The number of hydrogen-bond acceptors (Lipinski definition) is 8. The van der Waals surface area contributed by atoms with Crippen LogP contribution in [0.5, 0.6) is 5.75 Å². The molecular weight excluding hydrogens is 503 g/mol. The van der Waals surface area contributed by atoms with E-state index < -0.39 is 17.9 Å². The maximum atomic E-state index is 8.89. The molecule has 8 nitrogen and oxygen atoms in total. The Kier molecular flexibility index (Phi) is 28.8. The fourth-order valence-corrected chi connectivity index (χ4v) is 0.589. The first-order chi connectivity index (χ1) is 10.1. The zero-order chi connectivity index (χ0) is 18.0. The van der Waals surface area contributed by atoms with Crippen molar-refractivity contribution in [3.63, 3.8) is 0 Å². The van der Waals surface area contributed by atoms with Crippen molar-refractivity contribution >= 4 is 45.2 Å². The number of aliphatic carboxylic acids is 3. The van der Waals surface area contributed by atoms with Crippen LogP contribution in [-0.4, -0.2) is 59.1 Å². The van der Waals surface area contributed by atoms with E-state index in [0.717, 1.165) is 20.8 Å². The second-order valence-corrected chi connectivity index (χ2v) is 3.25. The van der Waals surface area contributed by atoms with E-state index in [2.05, 4.69) is 6.07 Å². The minimum atomic E-state index is -1.08. The van der Waals surface area contributed by atoms with Crippen molar-refractivity contribution in [2.75, 3.05) is 13.9 Å². The van der Waals surface area contributed by atoms with Gasteiger partial charge in [-0.15, -0.1) is 0 Å². The maximum Gasteiger partial charge on any atom is 0.188 e. The SMILES string of the molecule is CC(=O)[O-].CC(=O)[O-].CC(=O)[O-].COCOc1[c]cccc1.[Pb]. The zero-order valence-corrected chi connectivity index (χ0v) is 17.2. The number of methoxy groups -OCH3 is 1. The third-order valence-electron chi connectivity index (χ3n) is 1.01. The Morgan fingerprint density at radius 3 is 1.65 bits per heavy atom. The Morgan fingerprint density at radius 2 is 1.39 bits per heavy atom. The Hall–Kier alpha value is -1.69. The number of carboxylic acid groups (broad SMARTS) is 3. The van der Waals surface area contributed by atoms with Crippen LogP contribution in [0.3, 0.4) is 0 Å². The van der Waals surface area contributed by atoms with E-state index >= 15 is 0 Å². The molecule has 0 unspecified atom stereocenters. The smallest absolute Gasteiger partial charge is 0.188 e. The van der Waals surface area contributed by atoms with E-state index in [1.54, 1.807) is 13.2 Å². The van der Waals surface area contributed by atoms with Crippen molar-refractivity contribution in [3.8, 4) is 5.75 Å². The molecule has 9 heteroatoms. The molecule has 0 saturated heterocycles. The Balaban J connectivity index is -0.000000118. The van der Waals surface area contributed by atoms with Gasteiger partial charge in [0.25, 0.3) is 0 Å². The molecule has 0 atom stereocenters. The average molecular weight is 521 g/mol. The third-order valence-corrected chi connectivity index (χ3v) is 1.01. The molecular formula is C14H18O8Pb-3. The van der Waals surface area contributed by atoms with Gasteiger partial charge in [-0.2, -0.15) is 0 Å². The number of rotatable bonds is 3. The topological polar surface area (TPSA) is 139 Å². The number of hydrogen-bond donors (Lipinski definition) is 0. The Labute approximate surface area is 155 Å². The molecule has 0 amide bonds. The van der Waals surface area contributed by atoms with E-state index in [-0.39, 0.29) is 34.1 Å². The number of carbonyl (C=O) groups excluding carboxylic acids is 3. The zero-order valence-electron chi connectivity index (χ0n) is 13.3. The van der Waals surface area contributed by atoms with Crippen LogP contribution < -0.4 is 20.1 Å². The van der Waals surface area contributed by atoms with Crippen LogP contribution in [0.25, 0.3) is 0 Å². The van der Waals surface area contributed by atoms with Crippen molar-refractivity contribution in [3.05, 3.63) is 30.3 Å². The first-order valence-corrected chi connectivity index (χ1v) is 5.74. The molecule has 0 aliphatic carbocycles. The van der Waals surface area contributed by atoms with Crippen molar-refractivity contribution in [1.82, 2.24) is 0 Å². The molecule has 0 saturated carbocycles. The van der Waals surface area contributed by atoms with Crippen LogP contribution in [-0.2, 0) is 19.1 Å². The van der Waals surface area contributed by atoms with E-state index in [4.69, 9.17) is 39.2 Å². The molecule has 5 radical (unpaired) electrons. The van der Waals surface area contributed by atoms with Gasteiger partial charge >= 0.3 is 0 Å². The maximum absolute atomic E-state index is 8.89. The molecule has 0 aromatic heterocycles. The number of carboxylic acids is 3. The summed E-state index contributed by atoms with van der Waals surface area (Å²) in [7, 11) is 1.59. The Bertz CT molecular complexity index is 368. The summed E-state index contributed by atoms with van der Waals surface area (Å²) in [6, 6.07) is 10.3. The summed E-state index contributed by atoms with van der Waals surface area (Å²) in [5.41, 5.74) is 0. The fraction of sp³-hybridized carbons (Fsp3) is 0.357. The molecule has 0 spiro atoms. The van der Waals surface area contributed by atoms with Crippen LogP contribution >= 0.6 is 0 Å². The molecule has 23 heavy (non-hydrogen) atoms. The minimum absolute atomic E-state index is 0. The van der Waals surface area contributed by atoms with Gasteiger partial charge in [-0.1, -0.05) is 18.2 Å². The van der Waals surface area contributed by atoms with Gasteiger partial charge in [-0.25, -0.2) is 0 Å². The Morgan fingerprint density at radius 1 is 1.00 bits per heavy atom. The summed E-state index contributed by atoms with van der Waals surface area (Å²) in [5.74, 6) is -2.54. The summed E-state index contributed by atoms with van der Waals surface area (Å²) in [5, 5.41) is 26.7.